The van der Waals surface area contributed by atoms with Gasteiger partial charge in [-0.25, -0.2) is 9.37 Å². The van der Waals surface area contributed by atoms with Crippen LogP contribution < -0.4 is 16.0 Å². The van der Waals surface area contributed by atoms with Gasteiger partial charge < -0.3 is 21.1 Å². The number of aliphatic hydroxyl groups excluding tert-OH is 1. The van der Waals surface area contributed by atoms with Gasteiger partial charge in [-0.3, -0.25) is 9.48 Å². The van der Waals surface area contributed by atoms with Gasteiger partial charge in [0.2, 0.25) is 11.9 Å². The summed E-state index contributed by atoms with van der Waals surface area (Å²) in [5.41, 5.74) is 0.940. The first-order valence-electron chi connectivity index (χ1n) is 9.14. The molecule has 2 aromatic heterocycles. The maximum absolute atomic E-state index is 13.9. The molecule has 3 aromatic rings. The van der Waals surface area contributed by atoms with E-state index in [0.29, 0.717) is 28.0 Å². The van der Waals surface area contributed by atoms with Crippen LogP contribution in [0.2, 0.25) is 5.02 Å². The zero-order valence-electron chi connectivity index (χ0n) is 16.1. The van der Waals surface area contributed by atoms with Crippen LogP contribution in [0.15, 0.2) is 42.9 Å². The number of nitrogens with zero attached hydrogens (tertiary/aromatic N) is 4. The molecule has 3 rings (SSSR count). The first-order chi connectivity index (χ1) is 14.4. The van der Waals surface area contributed by atoms with Gasteiger partial charge >= 0.3 is 0 Å². The third-order valence-corrected chi connectivity index (χ3v) is 4.39. The Morgan fingerprint density at radius 1 is 1.37 bits per heavy atom. The highest BCUT2D eigenvalue weighted by Crippen LogP contribution is 2.20. The standard InChI is InChI=1S/C19H21ClFN7O2/c1-12(11-29)25-18(30)10-28-9-13(7-24-28)26-19-22-6-5-17(27-19)23-8-14-15(20)3-2-4-16(14)21/h2-7,9,12,29H,8,10-11H2,1H3,(H,25,30)(H2,22,23,26,27). The highest BCUT2D eigenvalue weighted by atomic mass is 35.5. The molecule has 0 saturated carbocycles. The molecule has 0 saturated heterocycles. The number of amides is 1. The van der Waals surface area contributed by atoms with E-state index in [1.165, 1.54) is 16.9 Å². The Morgan fingerprint density at radius 3 is 2.97 bits per heavy atom. The van der Waals surface area contributed by atoms with Crippen LogP contribution in [0.5, 0.6) is 0 Å². The van der Waals surface area contributed by atoms with Gasteiger partial charge in [0, 0.05) is 35.6 Å². The van der Waals surface area contributed by atoms with E-state index in [1.54, 1.807) is 37.5 Å². The number of anilines is 3. The molecule has 11 heteroatoms. The number of aliphatic hydroxyl groups is 1. The Bertz CT molecular complexity index is 994. The van der Waals surface area contributed by atoms with Gasteiger partial charge in [0.05, 0.1) is 18.5 Å². The van der Waals surface area contributed by atoms with Crippen LogP contribution in [-0.4, -0.2) is 43.4 Å². The first-order valence-corrected chi connectivity index (χ1v) is 9.52. The molecule has 0 bridgehead atoms. The number of rotatable bonds is 9. The van der Waals surface area contributed by atoms with Gasteiger partial charge in [0.15, 0.2) is 0 Å². The van der Waals surface area contributed by atoms with Crippen LogP contribution >= 0.6 is 11.6 Å². The van der Waals surface area contributed by atoms with Crippen molar-refractivity contribution in [3.05, 3.63) is 59.3 Å². The third-order valence-electron chi connectivity index (χ3n) is 4.04. The maximum atomic E-state index is 13.9. The van der Waals surface area contributed by atoms with Gasteiger partial charge in [-0.05, 0) is 25.1 Å². The van der Waals surface area contributed by atoms with Crippen molar-refractivity contribution >= 4 is 35.0 Å². The molecule has 1 atom stereocenters. The second-order valence-corrected chi connectivity index (χ2v) is 6.93. The van der Waals surface area contributed by atoms with Crippen molar-refractivity contribution in [2.75, 3.05) is 17.2 Å². The SMILES string of the molecule is CC(CO)NC(=O)Cn1cc(Nc2nccc(NCc3c(F)cccc3Cl)n2)cn1. The lowest BCUT2D eigenvalue weighted by Gasteiger charge is -2.10. The number of carbonyl (C=O) groups is 1. The second kappa shape index (κ2) is 9.99. The van der Waals surface area contributed by atoms with Crippen molar-refractivity contribution in [1.29, 1.82) is 0 Å². The Hall–Kier alpha value is -3.24. The summed E-state index contributed by atoms with van der Waals surface area (Å²) in [6.45, 7) is 1.74. The highest BCUT2D eigenvalue weighted by Gasteiger charge is 2.10. The van der Waals surface area contributed by atoms with E-state index in [0.717, 1.165) is 0 Å². The minimum atomic E-state index is -0.396. The molecule has 0 aliphatic rings. The minimum Gasteiger partial charge on any atom is -0.394 e. The highest BCUT2D eigenvalue weighted by molar-refractivity contribution is 6.31. The molecule has 1 unspecified atom stereocenters. The van der Waals surface area contributed by atoms with Crippen LogP contribution in [0, 0.1) is 5.82 Å². The van der Waals surface area contributed by atoms with Crippen LogP contribution in [0.1, 0.15) is 12.5 Å². The van der Waals surface area contributed by atoms with Crippen molar-refractivity contribution in [2.24, 2.45) is 0 Å². The van der Waals surface area contributed by atoms with E-state index < -0.39 is 5.82 Å². The molecular weight excluding hydrogens is 413 g/mol. The fourth-order valence-corrected chi connectivity index (χ4v) is 2.78. The van der Waals surface area contributed by atoms with Crippen LogP contribution in [0.4, 0.5) is 21.8 Å². The third kappa shape index (κ3) is 5.88. The Morgan fingerprint density at radius 2 is 2.20 bits per heavy atom. The summed E-state index contributed by atoms with van der Waals surface area (Å²) in [6, 6.07) is 5.84. The van der Waals surface area contributed by atoms with Crippen molar-refractivity contribution in [1.82, 2.24) is 25.1 Å². The van der Waals surface area contributed by atoms with Crippen molar-refractivity contribution < 1.29 is 14.3 Å². The predicted molar refractivity (Wildman–Crippen MR) is 111 cm³/mol. The lowest BCUT2D eigenvalue weighted by molar-refractivity contribution is -0.122. The summed E-state index contributed by atoms with van der Waals surface area (Å²) in [4.78, 5) is 20.3. The van der Waals surface area contributed by atoms with E-state index in [9.17, 15) is 9.18 Å². The Kier molecular flexibility index (Phi) is 7.15. The number of hydrogen-bond donors (Lipinski definition) is 4. The minimum absolute atomic E-state index is 0.0118. The normalized spacial score (nSPS) is 11.7. The molecule has 0 aliphatic carbocycles. The monoisotopic (exact) mass is 433 g/mol. The predicted octanol–water partition coefficient (Wildman–Crippen LogP) is 2.32. The number of benzene rings is 1. The molecule has 0 radical (unpaired) electrons. The van der Waals surface area contributed by atoms with Gasteiger partial charge in [-0.1, -0.05) is 17.7 Å². The lowest BCUT2D eigenvalue weighted by atomic mass is 10.2. The fraction of sp³-hybridized carbons (Fsp3) is 0.263. The van der Waals surface area contributed by atoms with Gasteiger partial charge in [0.1, 0.15) is 18.2 Å². The Balaban J connectivity index is 1.59. The van der Waals surface area contributed by atoms with E-state index in [2.05, 4.69) is 31.0 Å². The molecule has 0 aliphatic heterocycles. The van der Waals surface area contributed by atoms with E-state index in [4.69, 9.17) is 16.7 Å². The van der Waals surface area contributed by atoms with Crippen LogP contribution in [0.3, 0.4) is 0 Å². The molecule has 30 heavy (non-hydrogen) atoms. The smallest absolute Gasteiger partial charge is 0.242 e. The van der Waals surface area contributed by atoms with Crippen LogP contribution in [0.25, 0.3) is 0 Å². The number of hydrogen-bond acceptors (Lipinski definition) is 7. The summed E-state index contributed by atoms with van der Waals surface area (Å²) in [6.07, 6.45) is 4.71. The zero-order chi connectivity index (χ0) is 21.5. The van der Waals surface area contributed by atoms with E-state index in [1.807, 2.05) is 0 Å². The van der Waals surface area contributed by atoms with Gasteiger partial charge in [-0.15, -0.1) is 0 Å². The summed E-state index contributed by atoms with van der Waals surface area (Å²) in [5, 5.41) is 22.1. The number of halogens is 2. The first kappa shape index (κ1) is 21.5. The summed E-state index contributed by atoms with van der Waals surface area (Å²) >= 11 is 6.03. The Labute approximate surface area is 177 Å². The zero-order valence-corrected chi connectivity index (χ0v) is 16.9. The molecule has 9 nitrogen and oxygen atoms in total. The van der Waals surface area contributed by atoms with E-state index >= 15 is 0 Å². The average molecular weight is 434 g/mol. The van der Waals surface area contributed by atoms with Crippen molar-refractivity contribution in [3.8, 4) is 0 Å². The van der Waals surface area contributed by atoms with Gasteiger partial charge in [-0.2, -0.15) is 10.1 Å². The topological polar surface area (TPSA) is 117 Å². The average Bonchev–Trinajstić information content (AvgIpc) is 3.14. The molecular formula is C19H21ClFN7O2. The van der Waals surface area contributed by atoms with Crippen molar-refractivity contribution in [3.63, 3.8) is 0 Å². The fourth-order valence-electron chi connectivity index (χ4n) is 2.55. The molecule has 158 valence electrons. The van der Waals surface area contributed by atoms with Crippen LogP contribution in [-0.2, 0) is 17.9 Å². The quantitative estimate of drug-likeness (QED) is 0.409. The number of aromatic nitrogens is 4. The van der Waals surface area contributed by atoms with Crippen molar-refractivity contribution in [2.45, 2.75) is 26.1 Å². The van der Waals surface area contributed by atoms with E-state index in [-0.39, 0.29) is 31.6 Å². The summed E-state index contributed by atoms with van der Waals surface area (Å²) in [5.74, 6) is 0.127. The van der Waals surface area contributed by atoms with Gasteiger partial charge in [0.25, 0.3) is 0 Å². The maximum Gasteiger partial charge on any atom is 0.242 e. The second-order valence-electron chi connectivity index (χ2n) is 6.52. The summed E-state index contributed by atoms with van der Waals surface area (Å²) in [7, 11) is 0. The molecule has 2 heterocycles. The number of carbonyl (C=O) groups excluding carboxylic acids is 1. The molecule has 4 N–H and O–H groups in total. The molecule has 1 aromatic carbocycles. The molecule has 1 amide bonds. The molecule has 0 fully saturated rings. The molecule has 0 spiro atoms. The number of nitrogens with one attached hydrogen (secondary N) is 3. The summed E-state index contributed by atoms with van der Waals surface area (Å²) < 4.78 is 15.3. The lowest BCUT2D eigenvalue weighted by Crippen LogP contribution is -2.37. The largest absolute Gasteiger partial charge is 0.394 e.